The molecule has 2 atom stereocenters. The summed E-state index contributed by atoms with van der Waals surface area (Å²) < 4.78 is 1.15. The summed E-state index contributed by atoms with van der Waals surface area (Å²) in [7, 11) is 0. The highest BCUT2D eigenvalue weighted by Crippen LogP contribution is 2.36. The number of amides is 1. The fourth-order valence-electron chi connectivity index (χ4n) is 4.07. The van der Waals surface area contributed by atoms with Gasteiger partial charge < -0.3 is 4.90 Å². The van der Waals surface area contributed by atoms with E-state index >= 15 is 0 Å². The van der Waals surface area contributed by atoms with Crippen LogP contribution >= 0.6 is 0 Å². The first-order chi connectivity index (χ1) is 11.5. The lowest BCUT2D eigenvalue weighted by Gasteiger charge is -2.41. The number of piperidine rings is 1. The molecule has 1 saturated heterocycles. The van der Waals surface area contributed by atoms with E-state index in [1.807, 2.05) is 11.0 Å². The highest BCUT2D eigenvalue weighted by molar-refractivity contribution is 5.76. The molecule has 1 saturated carbocycles. The second kappa shape index (κ2) is 6.76. The number of aromatic nitrogens is 2. The smallest absolute Gasteiger partial charge is 0.285 e. The monoisotopic (exact) mass is 328 g/mol. The topological polar surface area (TPSA) is 79.0 Å². The molecule has 1 aliphatic heterocycles. The molecule has 2 fully saturated rings. The van der Waals surface area contributed by atoms with Gasteiger partial charge in [0, 0.05) is 13.1 Å². The van der Waals surface area contributed by atoms with Crippen LogP contribution in [0.1, 0.15) is 48.9 Å². The second-order valence-corrected chi connectivity index (χ2v) is 7.09. The second-order valence-electron chi connectivity index (χ2n) is 7.09. The Bertz CT molecular complexity index is 747. The van der Waals surface area contributed by atoms with Crippen molar-refractivity contribution in [3.05, 3.63) is 27.2 Å². The van der Waals surface area contributed by atoms with Crippen molar-refractivity contribution in [1.82, 2.24) is 14.7 Å². The highest BCUT2D eigenvalue weighted by atomic mass is 16.2. The van der Waals surface area contributed by atoms with Crippen molar-refractivity contribution >= 4 is 5.91 Å². The van der Waals surface area contributed by atoms with E-state index in [9.17, 15) is 14.9 Å². The molecule has 6 heteroatoms. The van der Waals surface area contributed by atoms with Crippen molar-refractivity contribution in [3.63, 3.8) is 0 Å². The van der Waals surface area contributed by atoms with Gasteiger partial charge in [0.25, 0.3) is 5.56 Å². The van der Waals surface area contributed by atoms with E-state index < -0.39 is 5.56 Å². The third-order valence-electron chi connectivity index (χ3n) is 5.68. The number of hydrogen-bond acceptors (Lipinski definition) is 4. The summed E-state index contributed by atoms with van der Waals surface area (Å²) in [4.78, 5) is 26.8. The Hall–Kier alpha value is -2.16. The minimum Gasteiger partial charge on any atom is -0.341 e. The number of fused-ring (bicyclic) bond motifs is 1. The number of hydrogen-bond donors (Lipinski definition) is 0. The number of carbonyl (C=O) groups is 1. The summed E-state index contributed by atoms with van der Waals surface area (Å²) in [5.74, 6) is 1.30. The molecule has 0 radical (unpaired) electrons. The molecular formula is C18H24N4O2. The summed E-state index contributed by atoms with van der Waals surface area (Å²) >= 11 is 0. The summed E-state index contributed by atoms with van der Waals surface area (Å²) in [6.45, 7) is 4.96. The molecule has 1 aromatic rings. The van der Waals surface area contributed by atoms with E-state index in [2.05, 4.69) is 5.10 Å². The van der Waals surface area contributed by atoms with Gasteiger partial charge in [-0.3, -0.25) is 9.59 Å². The number of nitrogens with zero attached hydrogens (tertiary/aromatic N) is 4. The maximum absolute atomic E-state index is 12.6. The summed E-state index contributed by atoms with van der Waals surface area (Å²) in [6.07, 6.45) is 6.13. The highest BCUT2D eigenvalue weighted by Gasteiger charge is 2.33. The van der Waals surface area contributed by atoms with E-state index in [0.717, 1.165) is 30.1 Å². The van der Waals surface area contributed by atoms with Crippen molar-refractivity contribution in [1.29, 1.82) is 5.26 Å². The van der Waals surface area contributed by atoms with Gasteiger partial charge in [0.2, 0.25) is 5.91 Å². The number of rotatable bonds is 2. The van der Waals surface area contributed by atoms with Crippen LogP contribution in [0.5, 0.6) is 0 Å². The molecule has 0 spiro atoms. The van der Waals surface area contributed by atoms with Crippen molar-refractivity contribution in [2.75, 3.05) is 13.1 Å². The fraction of sp³-hybridized carbons (Fsp3) is 0.667. The average Bonchev–Trinajstić information content (AvgIpc) is 2.59. The van der Waals surface area contributed by atoms with Gasteiger partial charge in [-0.1, -0.05) is 19.3 Å². The van der Waals surface area contributed by atoms with E-state index in [0.29, 0.717) is 17.2 Å². The Morgan fingerprint density at radius 1 is 1.25 bits per heavy atom. The molecule has 0 aromatic carbocycles. The van der Waals surface area contributed by atoms with Crippen LogP contribution in [0, 0.1) is 37.0 Å². The molecule has 6 nitrogen and oxygen atoms in total. The molecule has 2 aliphatic rings. The van der Waals surface area contributed by atoms with Crippen LogP contribution in [0.4, 0.5) is 0 Å². The van der Waals surface area contributed by atoms with E-state index in [1.54, 1.807) is 13.8 Å². The molecule has 3 rings (SSSR count). The zero-order valence-electron chi connectivity index (χ0n) is 14.4. The molecule has 2 heterocycles. The predicted octanol–water partition coefficient (Wildman–Crippen LogP) is 1.77. The summed E-state index contributed by atoms with van der Waals surface area (Å²) in [6, 6.07) is 1.94. The molecular weight excluding hydrogens is 304 g/mol. The zero-order chi connectivity index (χ0) is 17.3. The lowest BCUT2D eigenvalue weighted by Crippen LogP contribution is -2.47. The lowest BCUT2D eigenvalue weighted by molar-refractivity contribution is -0.135. The minimum atomic E-state index is -0.471. The molecule has 1 amide bonds. The van der Waals surface area contributed by atoms with Gasteiger partial charge >= 0.3 is 0 Å². The zero-order valence-corrected chi connectivity index (χ0v) is 14.4. The molecule has 1 aliphatic carbocycles. The van der Waals surface area contributed by atoms with Gasteiger partial charge in [-0.05, 0) is 44.1 Å². The molecule has 24 heavy (non-hydrogen) atoms. The van der Waals surface area contributed by atoms with Crippen LogP contribution in [0.15, 0.2) is 4.79 Å². The number of aryl methyl sites for hydroxylation is 1. The van der Waals surface area contributed by atoms with E-state index in [1.165, 1.54) is 25.7 Å². The van der Waals surface area contributed by atoms with E-state index in [-0.39, 0.29) is 18.0 Å². The fourth-order valence-corrected chi connectivity index (χ4v) is 4.07. The minimum absolute atomic E-state index is 0.0687. The van der Waals surface area contributed by atoms with Crippen molar-refractivity contribution in [3.8, 4) is 6.07 Å². The van der Waals surface area contributed by atoms with Crippen LogP contribution in [-0.2, 0) is 11.3 Å². The third kappa shape index (κ3) is 3.08. The lowest BCUT2D eigenvalue weighted by atomic mass is 9.75. The maximum Gasteiger partial charge on any atom is 0.285 e. The van der Waals surface area contributed by atoms with Gasteiger partial charge in [0.15, 0.2) is 0 Å². The van der Waals surface area contributed by atoms with Crippen LogP contribution in [0.3, 0.4) is 0 Å². The third-order valence-corrected chi connectivity index (χ3v) is 5.68. The quantitative estimate of drug-likeness (QED) is 0.829. The first kappa shape index (κ1) is 16.7. The summed E-state index contributed by atoms with van der Waals surface area (Å²) in [5, 5.41) is 13.4. The number of nitriles is 1. The van der Waals surface area contributed by atoms with Gasteiger partial charge in [0.05, 0.1) is 5.69 Å². The van der Waals surface area contributed by atoms with Gasteiger partial charge in [-0.15, -0.1) is 0 Å². The van der Waals surface area contributed by atoms with Crippen LogP contribution in [0.2, 0.25) is 0 Å². The largest absolute Gasteiger partial charge is 0.341 e. The molecule has 0 unspecified atom stereocenters. The van der Waals surface area contributed by atoms with Gasteiger partial charge in [-0.25, -0.2) is 4.68 Å². The Balaban J connectivity index is 1.75. The maximum atomic E-state index is 12.6. The SMILES string of the molecule is Cc1nn(CC(=O)N2CC[C@@H]3CCCC[C@@H]3C2)c(=O)c(C#N)c1C. The van der Waals surface area contributed by atoms with Gasteiger partial charge in [0.1, 0.15) is 18.2 Å². The van der Waals surface area contributed by atoms with Crippen LogP contribution < -0.4 is 5.56 Å². The Morgan fingerprint density at radius 3 is 2.67 bits per heavy atom. The summed E-state index contributed by atoms with van der Waals surface area (Å²) in [5.41, 5.74) is 0.821. The van der Waals surface area contributed by atoms with Crippen molar-refractivity contribution < 1.29 is 4.79 Å². The standard InChI is InChI=1S/C18H24N4O2/c1-12-13(2)20-22(18(24)16(12)9-19)11-17(23)21-8-7-14-5-3-4-6-15(14)10-21/h14-15H,3-8,10-11H2,1-2H3/t14-,15+/m0/s1. The van der Waals surface area contributed by atoms with E-state index in [4.69, 9.17) is 0 Å². The van der Waals surface area contributed by atoms with Gasteiger partial charge in [-0.2, -0.15) is 10.4 Å². The van der Waals surface area contributed by atoms with Crippen LogP contribution in [-0.4, -0.2) is 33.7 Å². The first-order valence-corrected chi connectivity index (χ1v) is 8.77. The Kier molecular flexibility index (Phi) is 4.70. The number of likely N-dealkylation sites (tertiary alicyclic amines) is 1. The Labute approximate surface area is 142 Å². The first-order valence-electron chi connectivity index (χ1n) is 8.77. The molecule has 1 aromatic heterocycles. The van der Waals surface area contributed by atoms with Crippen LogP contribution in [0.25, 0.3) is 0 Å². The average molecular weight is 328 g/mol. The number of carbonyl (C=O) groups excluding carboxylic acids is 1. The normalized spacial score (nSPS) is 23.5. The Morgan fingerprint density at radius 2 is 1.96 bits per heavy atom. The van der Waals surface area contributed by atoms with Crippen molar-refractivity contribution in [2.24, 2.45) is 11.8 Å². The van der Waals surface area contributed by atoms with Crippen molar-refractivity contribution in [2.45, 2.75) is 52.5 Å². The molecule has 0 N–H and O–H groups in total. The predicted molar refractivity (Wildman–Crippen MR) is 89.3 cm³/mol. The molecule has 0 bridgehead atoms. The molecule has 128 valence electrons.